The van der Waals surface area contributed by atoms with Crippen LogP contribution in [0.3, 0.4) is 0 Å². The van der Waals surface area contributed by atoms with E-state index in [4.69, 9.17) is 4.74 Å². The molecule has 0 spiro atoms. The van der Waals surface area contributed by atoms with Crippen LogP contribution in [0.4, 0.5) is 9.18 Å². The van der Waals surface area contributed by atoms with Crippen molar-refractivity contribution in [3.63, 3.8) is 0 Å². The Hall–Kier alpha value is -3.40. The fourth-order valence-electron chi connectivity index (χ4n) is 4.68. The summed E-state index contributed by atoms with van der Waals surface area (Å²) in [6.07, 6.45) is 2.32. The number of hydrogen-bond donors (Lipinski definition) is 2. The summed E-state index contributed by atoms with van der Waals surface area (Å²) in [6, 6.07) is 11.1. The number of H-pyrrole nitrogens is 1. The zero-order chi connectivity index (χ0) is 25.9. The summed E-state index contributed by atoms with van der Waals surface area (Å²) in [5.74, 6) is -1.41. The van der Waals surface area contributed by atoms with Crippen LogP contribution in [-0.4, -0.2) is 61.3 Å². The summed E-state index contributed by atoms with van der Waals surface area (Å²) in [6.45, 7) is 4.18. The number of fused-ring (bicyclic) bond motifs is 1. The van der Waals surface area contributed by atoms with Crippen LogP contribution in [0.5, 0.6) is 0 Å². The van der Waals surface area contributed by atoms with E-state index in [0.29, 0.717) is 0 Å². The highest BCUT2D eigenvalue weighted by Crippen LogP contribution is 2.29. The molecule has 0 bridgehead atoms. The Labute approximate surface area is 209 Å². The van der Waals surface area contributed by atoms with Gasteiger partial charge in [-0.3, -0.25) is 0 Å². The summed E-state index contributed by atoms with van der Waals surface area (Å²) in [5.41, 5.74) is 1.81. The Kier molecular flexibility index (Phi) is 7.63. The number of urea groups is 1. The van der Waals surface area contributed by atoms with E-state index in [1.54, 1.807) is 6.92 Å². The maximum atomic E-state index is 13.2. The number of sulfone groups is 1. The lowest BCUT2D eigenvalue weighted by Gasteiger charge is -2.33. The minimum atomic E-state index is -3.64. The molecule has 2 aromatic carbocycles. The molecule has 2 amide bonds. The average Bonchev–Trinajstić information content (AvgIpc) is 3.31. The molecule has 4 rings (SSSR count). The second-order valence-electron chi connectivity index (χ2n) is 8.94. The van der Waals surface area contributed by atoms with Crippen LogP contribution in [-0.2, 0) is 19.4 Å². The summed E-state index contributed by atoms with van der Waals surface area (Å²) < 4.78 is 44.3. The van der Waals surface area contributed by atoms with Gasteiger partial charge in [0, 0.05) is 36.1 Å². The number of carbonyl (C=O) groups is 2. The molecule has 1 aromatic heterocycles. The number of para-hydroxylation sites is 1. The summed E-state index contributed by atoms with van der Waals surface area (Å²) in [7, 11) is -3.64. The Morgan fingerprint density at radius 3 is 2.47 bits per heavy atom. The lowest BCUT2D eigenvalue weighted by Crippen LogP contribution is -2.53. The number of rotatable bonds is 7. The minimum absolute atomic E-state index is 0.0710. The van der Waals surface area contributed by atoms with Crippen molar-refractivity contribution in [3.8, 4) is 0 Å². The first-order chi connectivity index (χ1) is 17.2. The molecule has 2 N–H and O–H groups in total. The fraction of sp³-hybridized carbons (Fsp3) is 0.385. The number of amides is 2. The zero-order valence-corrected chi connectivity index (χ0v) is 21.1. The van der Waals surface area contributed by atoms with Crippen molar-refractivity contribution >= 4 is 32.7 Å². The zero-order valence-electron chi connectivity index (χ0n) is 20.2. The molecule has 192 valence electrons. The maximum Gasteiger partial charge on any atom is 0.329 e. The van der Waals surface area contributed by atoms with Gasteiger partial charge in [-0.25, -0.2) is 22.4 Å². The largest absolute Gasteiger partial charge is 0.464 e. The molecular formula is C26H30FN3O5S. The number of aromatic nitrogens is 1. The third-order valence-electron chi connectivity index (χ3n) is 6.74. The molecule has 1 saturated heterocycles. The summed E-state index contributed by atoms with van der Waals surface area (Å²) in [4.78, 5) is 30.7. The van der Waals surface area contributed by atoms with Crippen molar-refractivity contribution < 1.29 is 27.1 Å². The van der Waals surface area contributed by atoms with Crippen LogP contribution < -0.4 is 5.32 Å². The number of benzene rings is 2. The molecule has 0 saturated carbocycles. The number of ether oxygens (including phenoxy) is 1. The highest BCUT2D eigenvalue weighted by Gasteiger charge is 2.36. The Bertz CT molecular complexity index is 1330. The number of halogens is 1. The van der Waals surface area contributed by atoms with Crippen LogP contribution in [0.15, 0.2) is 59.6 Å². The van der Waals surface area contributed by atoms with Crippen LogP contribution in [0.2, 0.25) is 0 Å². The van der Waals surface area contributed by atoms with E-state index in [1.165, 1.54) is 17.0 Å². The number of carbonyl (C=O) groups excluding carboxylic acids is 2. The molecule has 0 radical (unpaired) electrons. The minimum Gasteiger partial charge on any atom is -0.464 e. The van der Waals surface area contributed by atoms with Gasteiger partial charge in [-0.15, -0.1) is 0 Å². The number of esters is 1. The molecule has 8 nitrogen and oxygen atoms in total. The first-order valence-electron chi connectivity index (χ1n) is 12.0. The van der Waals surface area contributed by atoms with Crippen LogP contribution in [0.1, 0.15) is 38.2 Å². The normalized spacial score (nSPS) is 16.5. The van der Waals surface area contributed by atoms with Gasteiger partial charge in [0.25, 0.3) is 0 Å². The topological polar surface area (TPSA) is 109 Å². The highest BCUT2D eigenvalue weighted by molar-refractivity contribution is 7.92. The Morgan fingerprint density at radius 1 is 1.14 bits per heavy atom. The summed E-state index contributed by atoms with van der Waals surface area (Å²) >= 11 is 0. The molecule has 2 atom stereocenters. The van der Waals surface area contributed by atoms with Crippen LogP contribution in [0.25, 0.3) is 10.9 Å². The summed E-state index contributed by atoms with van der Waals surface area (Å²) in [5, 5.41) is 3.11. The van der Waals surface area contributed by atoms with Crippen molar-refractivity contribution in [1.82, 2.24) is 15.2 Å². The number of likely N-dealkylation sites (tertiary alicyclic amines) is 1. The van der Waals surface area contributed by atoms with E-state index < -0.39 is 38.9 Å². The molecule has 1 fully saturated rings. The lowest BCUT2D eigenvalue weighted by atomic mass is 9.93. The molecule has 3 aromatic rings. The van der Waals surface area contributed by atoms with E-state index >= 15 is 0 Å². The molecule has 1 aliphatic rings. The first kappa shape index (κ1) is 25.7. The highest BCUT2D eigenvalue weighted by atomic mass is 32.2. The van der Waals surface area contributed by atoms with E-state index in [9.17, 15) is 22.4 Å². The molecule has 10 heteroatoms. The molecule has 0 unspecified atom stereocenters. The third-order valence-corrected chi connectivity index (χ3v) is 9.02. The monoisotopic (exact) mass is 515 g/mol. The Morgan fingerprint density at radius 2 is 1.81 bits per heavy atom. The number of aromatic amines is 1. The lowest BCUT2D eigenvalue weighted by molar-refractivity contribution is -0.145. The Balaban J connectivity index is 1.45. The van der Waals surface area contributed by atoms with Crippen molar-refractivity contribution in [3.05, 3.63) is 66.1 Å². The van der Waals surface area contributed by atoms with Crippen molar-refractivity contribution in [1.29, 1.82) is 0 Å². The van der Waals surface area contributed by atoms with E-state index in [0.717, 1.165) is 28.6 Å². The van der Waals surface area contributed by atoms with E-state index in [1.807, 2.05) is 37.4 Å². The molecule has 1 aliphatic heterocycles. The van der Waals surface area contributed by atoms with Gasteiger partial charge in [0.2, 0.25) is 0 Å². The molecule has 0 aliphatic carbocycles. The molecule has 36 heavy (non-hydrogen) atoms. The van der Waals surface area contributed by atoms with Gasteiger partial charge in [-0.05, 0) is 55.7 Å². The van der Waals surface area contributed by atoms with Crippen LogP contribution in [0, 0.1) is 5.82 Å². The van der Waals surface area contributed by atoms with E-state index in [2.05, 4.69) is 10.3 Å². The quantitative estimate of drug-likeness (QED) is 0.365. The maximum absolute atomic E-state index is 13.2. The first-order valence-corrected chi connectivity index (χ1v) is 13.5. The standard InChI is InChI=1S/C26H30FN3O5S/c1-3-35-25(31)24(17(2)22-16-28-23-7-5-4-6-21(22)23)29-26(32)30-14-12-20(13-15-30)36(33,34)19-10-8-18(27)9-11-19/h4-11,16-17,20,24,28H,3,12-15H2,1-2H3,(H,29,32)/t17-,24+/m0/s1. The number of hydrogen-bond acceptors (Lipinski definition) is 5. The fourth-order valence-corrected chi connectivity index (χ4v) is 6.41. The second-order valence-corrected chi connectivity index (χ2v) is 11.2. The SMILES string of the molecule is CCOC(=O)[C@H](NC(=O)N1CCC(S(=O)(=O)c2ccc(F)cc2)CC1)[C@@H](C)c1c[nH]c2ccccc12. The predicted molar refractivity (Wildman–Crippen MR) is 134 cm³/mol. The third kappa shape index (κ3) is 5.23. The van der Waals surface area contributed by atoms with Gasteiger partial charge in [0.15, 0.2) is 9.84 Å². The molecular weight excluding hydrogens is 485 g/mol. The van der Waals surface area contributed by atoms with Crippen molar-refractivity contribution in [2.45, 2.75) is 48.8 Å². The predicted octanol–water partition coefficient (Wildman–Crippen LogP) is 3.99. The van der Waals surface area contributed by atoms with Gasteiger partial charge in [0.05, 0.1) is 16.8 Å². The smallest absolute Gasteiger partial charge is 0.329 e. The van der Waals surface area contributed by atoms with Crippen molar-refractivity contribution in [2.24, 2.45) is 0 Å². The van der Waals surface area contributed by atoms with Gasteiger partial charge in [-0.1, -0.05) is 25.1 Å². The van der Waals surface area contributed by atoms with E-state index in [-0.39, 0.29) is 43.4 Å². The van der Waals surface area contributed by atoms with Gasteiger partial charge < -0.3 is 19.9 Å². The molecule has 2 heterocycles. The van der Waals surface area contributed by atoms with Crippen molar-refractivity contribution in [2.75, 3.05) is 19.7 Å². The second kappa shape index (κ2) is 10.7. The van der Waals surface area contributed by atoms with Crippen LogP contribution >= 0.6 is 0 Å². The average molecular weight is 516 g/mol. The van der Waals surface area contributed by atoms with Gasteiger partial charge in [-0.2, -0.15) is 0 Å². The number of nitrogens with zero attached hydrogens (tertiary/aromatic N) is 1. The number of piperidine rings is 1. The van der Waals surface area contributed by atoms with Gasteiger partial charge in [0.1, 0.15) is 11.9 Å². The number of nitrogens with one attached hydrogen (secondary N) is 2. The van der Waals surface area contributed by atoms with Gasteiger partial charge >= 0.3 is 12.0 Å².